The zero-order chi connectivity index (χ0) is 30.1. The predicted molar refractivity (Wildman–Crippen MR) is 164 cm³/mol. The molecular weight excluding hydrogens is 543 g/mol. The number of primary amides is 1. The minimum absolute atomic E-state index is 0.0802. The van der Waals surface area contributed by atoms with Crippen molar-refractivity contribution < 1.29 is 18.8 Å². The number of Topliss-reactive ketones (excluding diaryl/α,β-unsaturated/α-hetero) is 1. The van der Waals surface area contributed by atoms with Gasteiger partial charge in [-0.1, -0.05) is 30.3 Å². The number of aromatic nitrogens is 2. The molecule has 2 N–H and O–H groups in total. The van der Waals surface area contributed by atoms with Crippen LogP contribution >= 0.6 is 0 Å². The number of ketones is 1. The summed E-state index contributed by atoms with van der Waals surface area (Å²) in [6.07, 6.45) is 5.89. The number of amides is 2. The third-order valence-corrected chi connectivity index (χ3v) is 8.94. The number of fused-ring (bicyclic) bond motifs is 2. The third kappa shape index (κ3) is 6.10. The van der Waals surface area contributed by atoms with Crippen LogP contribution in [0.3, 0.4) is 0 Å². The SMILES string of the molecule is Cc1cccc(CC(=O)[C@@H]2CCC(F)CCN2C(=O)Cn2cc(C(N)=O)c3cc(-c4ccc5c(c4)CCCC5)ccc32)n1. The molecule has 222 valence electrons. The minimum Gasteiger partial charge on any atom is -0.366 e. The lowest BCUT2D eigenvalue weighted by atomic mass is 9.89. The molecule has 7 nitrogen and oxygen atoms in total. The fourth-order valence-electron chi connectivity index (χ4n) is 6.65. The molecule has 6 rings (SSSR count). The highest BCUT2D eigenvalue weighted by atomic mass is 19.1. The maximum Gasteiger partial charge on any atom is 0.250 e. The molecule has 1 aliphatic carbocycles. The number of hydrogen-bond donors (Lipinski definition) is 1. The standard InChI is InChI=1S/C35H37FN4O3/c1-22-5-4-8-28(38-22)19-33(41)32-14-12-27(36)15-16-40(32)34(42)21-39-20-30(35(37)43)29-18-26(11-13-31(29)39)25-10-9-23-6-2-3-7-24(23)17-25/h4-5,8-11,13,17-18,20,27,32H,2-3,6-7,12,14-16,19,21H2,1H3,(H2,37,43)/t27?,32-/m0/s1. The van der Waals surface area contributed by atoms with Crippen LogP contribution in [-0.4, -0.2) is 50.8 Å². The van der Waals surface area contributed by atoms with E-state index in [0.29, 0.717) is 22.2 Å². The van der Waals surface area contributed by atoms with Gasteiger partial charge in [-0.2, -0.15) is 0 Å². The molecule has 0 bridgehead atoms. The van der Waals surface area contributed by atoms with Crippen molar-refractivity contribution in [3.63, 3.8) is 0 Å². The minimum atomic E-state index is -1.07. The predicted octanol–water partition coefficient (Wildman–Crippen LogP) is 5.52. The normalized spacial score (nSPS) is 18.7. The maximum atomic E-state index is 14.5. The van der Waals surface area contributed by atoms with E-state index in [-0.39, 0.29) is 50.5 Å². The first-order valence-electron chi connectivity index (χ1n) is 15.2. The number of alkyl halides is 1. The number of carbonyl (C=O) groups is 3. The fourth-order valence-corrected chi connectivity index (χ4v) is 6.65. The van der Waals surface area contributed by atoms with Crippen molar-refractivity contribution in [1.82, 2.24) is 14.5 Å². The van der Waals surface area contributed by atoms with Crippen LogP contribution in [0.15, 0.2) is 60.8 Å². The molecule has 8 heteroatoms. The molecule has 0 spiro atoms. The fraction of sp³-hybridized carbons (Fsp3) is 0.371. The quantitative estimate of drug-likeness (QED) is 0.311. The molecule has 2 aromatic carbocycles. The lowest BCUT2D eigenvalue weighted by molar-refractivity contribution is -0.139. The van der Waals surface area contributed by atoms with Gasteiger partial charge in [-0.05, 0) is 98.4 Å². The van der Waals surface area contributed by atoms with Gasteiger partial charge in [0, 0.05) is 35.0 Å². The van der Waals surface area contributed by atoms with Crippen molar-refractivity contribution in [1.29, 1.82) is 0 Å². The summed E-state index contributed by atoms with van der Waals surface area (Å²) in [5, 5.41) is 0.674. The number of halogens is 1. The molecule has 2 aliphatic rings. The Labute approximate surface area is 250 Å². The van der Waals surface area contributed by atoms with Crippen molar-refractivity contribution in [3.8, 4) is 11.1 Å². The smallest absolute Gasteiger partial charge is 0.250 e. The van der Waals surface area contributed by atoms with Crippen molar-refractivity contribution in [3.05, 3.63) is 88.9 Å². The Kier molecular flexibility index (Phi) is 8.10. The van der Waals surface area contributed by atoms with Crippen molar-refractivity contribution in [2.75, 3.05) is 6.54 Å². The van der Waals surface area contributed by atoms with Gasteiger partial charge >= 0.3 is 0 Å². The Morgan fingerprint density at radius 2 is 1.72 bits per heavy atom. The Balaban J connectivity index is 1.28. The summed E-state index contributed by atoms with van der Waals surface area (Å²) in [6, 6.07) is 17.2. The Morgan fingerprint density at radius 1 is 0.953 bits per heavy atom. The van der Waals surface area contributed by atoms with Crippen LogP contribution in [0, 0.1) is 6.92 Å². The van der Waals surface area contributed by atoms with Gasteiger partial charge in [0.1, 0.15) is 12.7 Å². The zero-order valence-corrected chi connectivity index (χ0v) is 24.5. The maximum absolute atomic E-state index is 14.5. The first kappa shape index (κ1) is 28.8. The molecule has 1 aliphatic heterocycles. The summed E-state index contributed by atoms with van der Waals surface area (Å²) in [7, 11) is 0. The number of carbonyl (C=O) groups excluding carboxylic acids is 3. The van der Waals surface area contributed by atoms with Gasteiger partial charge in [0.2, 0.25) is 5.91 Å². The lowest BCUT2D eigenvalue weighted by Crippen LogP contribution is -2.46. The molecule has 43 heavy (non-hydrogen) atoms. The highest BCUT2D eigenvalue weighted by Crippen LogP contribution is 2.32. The third-order valence-electron chi connectivity index (χ3n) is 8.94. The molecule has 0 radical (unpaired) electrons. The average Bonchev–Trinajstić information content (AvgIpc) is 3.23. The number of rotatable bonds is 7. The Hall–Kier alpha value is -4.33. The number of likely N-dealkylation sites (tertiary alicyclic amines) is 1. The number of nitrogens with two attached hydrogens (primary N) is 1. The van der Waals surface area contributed by atoms with Gasteiger partial charge < -0.3 is 15.2 Å². The van der Waals surface area contributed by atoms with E-state index in [2.05, 4.69) is 23.2 Å². The summed E-state index contributed by atoms with van der Waals surface area (Å²) in [5.74, 6) is -1.02. The zero-order valence-electron chi connectivity index (χ0n) is 24.5. The summed E-state index contributed by atoms with van der Waals surface area (Å²) in [6.45, 7) is 1.92. The molecule has 1 unspecified atom stereocenters. The summed E-state index contributed by atoms with van der Waals surface area (Å²) < 4.78 is 16.2. The van der Waals surface area contributed by atoms with Crippen LogP contribution in [0.4, 0.5) is 4.39 Å². The van der Waals surface area contributed by atoms with Gasteiger partial charge in [0.15, 0.2) is 5.78 Å². The van der Waals surface area contributed by atoms with E-state index in [0.717, 1.165) is 29.7 Å². The first-order chi connectivity index (χ1) is 20.8. The van der Waals surface area contributed by atoms with E-state index >= 15 is 0 Å². The highest BCUT2D eigenvalue weighted by molar-refractivity contribution is 6.07. The second-order valence-corrected chi connectivity index (χ2v) is 11.9. The molecule has 2 aromatic heterocycles. The first-order valence-corrected chi connectivity index (χ1v) is 15.2. The highest BCUT2D eigenvalue weighted by Gasteiger charge is 2.33. The van der Waals surface area contributed by atoms with E-state index in [4.69, 9.17) is 5.73 Å². The second kappa shape index (κ2) is 12.1. The van der Waals surface area contributed by atoms with Crippen molar-refractivity contribution in [2.45, 2.75) is 77.0 Å². The number of nitrogens with zero attached hydrogens (tertiary/aromatic N) is 3. The van der Waals surface area contributed by atoms with Crippen LogP contribution in [0.2, 0.25) is 0 Å². The monoisotopic (exact) mass is 580 g/mol. The second-order valence-electron chi connectivity index (χ2n) is 11.9. The summed E-state index contributed by atoms with van der Waals surface area (Å²) in [4.78, 5) is 45.7. The van der Waals surface area contributed by atoms with Gasteiger partial charge in [-0.25, -0.2) is 4.39 Å². The van der Waals surface area contributed by atoms with E-state index in [1.807, 2.05) is 37.3 Å². The summed E-state index contributed by atoms with van der Waals surface area (Å²) in [5.41, 5.74) is 13.1. The van der Waals surface area contributed by atoms with Crippen LogP contribution in [-0.2, 0) is 35.4 Å². The van der Waals surface area contributed by atoms with Gasteiger partial charge in [-0.3, -0.25) is 19.4 Å². The molecule has 2 atom stereocenters. The van der Waals surface area contributed by atoms with Gasteiger partial charge in [-0.15, -0.1) is 0 Å². The van der Waals surface area contributed by atoms with Gasteiger partial charge in [0.25, 0.3) is 5.91 Å². The molecule has 1 fully saturated rings. The Morgan fingerprint density at radius 3 is 2.51 bits per heavy atom. The lowest BCUT2D eigenvalue weighted by Gasteiger charge is -2.29. The Bertz CT molecular complexity index is 1710. The number of aryl methyl sites for hydroxylation is 3. The van der Waals surface area contributed by atoms with E-state index in [9.17, 15) is 18.8 Å². The van der Waals surface area contributed by atoms with E-state index in [1.165, 1.54) is 28.9 Å². The number of benzene rings is 2. The topological polar surface area (TPSA) is 98.3 Å². The number of hydrogen-bond acceptors (Lipinski definition) is 4. The van der Waals surface area contributed by atoms with Crippen LogP contribution in [0.1, 0.15) is 65.0 Å². The average molecular weight is 581 g/mol. The molecular formula is C35H37FN4O3. The van der Waals surface area contributed by atoms with Crippen LogP contribution in [0.5, 0.6) is 0 Å². The number of pyridine rings is 1. The van der Waals surface area contributed by atoms with E-state index in [1.54, 1.807) is 16.8 Å². The van der Waals surface area contributed by atoms with Crippen LogP contribution < -0.4 is 5.73 Å². The molecule has 0 saturated carbocycles. The molecule has 3 heterocycles. The molecule has 4 aromatic rings. The largest absolute Gasteiger partial charge is 0.366 e. The molecule has 1 saturated heterocycles. The van der Waals surface area contributed by atoms with Gasteiger partial charge in [0.05, 0.1) is 18.0 Å². The van der Waals surface area contributed by atoms with Crippen LogP contribution in [0.25, 0.3) is 22.0 Å². The van der Waals surface area contributed by atoms with E-state index < -0.39 is 18.1 Å². The molecule has 2 amide bonds. The van der Waals surface area contributed by atoms with Crippen molar-refractivity contribution >= 4 is 28.5 Å². The summed E-state index contributed by atoms with van der Waals surface area (Å²) >= 11 is 0. The van der Waals surface area contributed by atoms with Crippen molar-refractivity contribution in [2.24, 2.45) is 5.73 Å².